The molecule has 1 atom stereocenters. The fraction of sp³-hybridized carbons (Fsp3) is 0.650. The first-order valence-electron chi connectivity index (χ1n) is 10.1. The maximum absolute atomic E-state index is 13.1. The number of halogens is 1. The number of piperidine rings is 1. The van der Waals surface area contributed by atoms with Crippen molar-refractivity contribution >= 4 is 27.5 Å². The maximum atomic E-state index is 13.1. The van der Waals surface area contributed by atoms with Crippen LogP contribution in [0.15, 0.2) is 23.1 Å². The molecule has 150 valence electrons. The normalized spacial score (nSPS) is 22.4. The fourth-order valence-corrected chi connectivity index (χ4v) is 6.13. The number of carbonyl (C=O) groups excluding carboxylic acids is 1. The van der Waals surface area contributed by atoms with Gasteiger partial charge in [0.1, 0.15) is 4.90 Å². The van der Waals surface area contributed by atoms with Gasteiger partial charge in [-0.3, -0.25) is 4.79 Å². The molecule has 0 aromatic heterocycles. The Morgan fingerprint density at radius 2 is 1.74 bits per heavy atom. The maximum Gasteiger partial charge on any atom is 0.254 e. The molecule has 0 saturated carbocycles. The van der Waals surface area contributed by atoms with Gasteiger partial charge in [-0.05, 0) is 56.7 Å². The number of benzene rings is 1. The van der Waals surface area contributed by atoms with Crippen LogP contribution in [0.1, 0.15) is 68.6 Å². The van der Waals surface area contributed by atoms with E-state index in [4.69, 9.17) is 11.6 Å². The fourth-order valence-electron chi connectivity index (χ4n) is 4.11. The highest BCUT2D eigenvalue weighted by atomic mass is 35.5. The quantitative estimate of drug-likeness (QED) is 0.740. The highest BCUT2D eigenvalue weighted by Crippen LogP contribution is 2.29. The Bertz CT molecular complexity index is 773. The third-order valence-corrected chi connectivity index (χ3v) is 8.10. The van der Waals surface area contributed by atoms with E-state index in [-0.39, 0.29) is 21.9 Å². The predicted octanol–water partition coefficient (Wildman–Crippen LogP) is 4.31. The van der Waals surface area contributed by atoms with Crippen LogP contribution in [-0.2, 0) is 10.0 Å². The lowest BCUT2D eigenvalue weighted by molar-refractivity contribution is 0.0608. The van der Waals surface area contributed by atoms with Crippen molar-refractivity contribution in [1.29, 1.82) is 0 Å². The van der Waals surface area contributed by atoms with Gasteiger partial charge in [-0.25, -0.2) is 8.42 Å². The number of hydrogen-bond donors (Lipinski definition) is 0. The molecule has 7 heteroatoms. The minimum Gasteiger partial charge on any atom is -0.336 e. The van der Waals surface area contributed by atoms with Gasteiger partial charge in [0, 0.05) is 31.2 Å². The van der Waals surface area contributed by atoms with Crippen molar-refractivity contribution in [1.82, 2.24) is 9.21 Å². The van der Waals surface area contributed by atoms with E-state index in [1.807, 2.05) is 4.90 Å². The Morgan fingerprint density at radius 1 is 1.07 bits per heavy atom. The summed E-state index contributed by atoms with van der Waals surface area (Å²) >= 11 is 6.26. The Labute approximate surface area is 167 Å². The molecule has 0 spiro atoms. The van der Waals surface area contributed by atoms with E-state index in [0.29, 0.717) is 18.7 Å². The lowest BCUT2D eigenvalue weighted by atomic mass is 9.99. The average molecular weight is 413 g/mol. The molecule has 2 saturated heterocycles. The Hall–Kier alpha value is -1.11. The SMILES string of the molecule is CCC1CCCCN1C(=O)c1ccc(Cl)c(S(=O)(=O)N2CCCCCC2)c1. The van der Waals surface area contributed by atoms with Crippen molar-refractivity contribution in [2.24, 2.45) is 0 Å². The van der Waals surface area contributed by atoms with E-state index in [2.05, 4.69) is 6.92 Å². The van der Waals surface area contributed by atoms with Gasteiger partial charge in [-0.1, -0.05) is 31.4 Å². The summed E-state index contributed by atoms with van der Waals surface area (Å²) in [5.41, 5.74) is 0.410. The number of likely N-dealkylation sites (tertiary alicyclic amines) is 1. The van der Waals surface area contributed by atoms with Crippen LogP contribution in [0, 0.1) is 0 Å². The van der Waals surface area contributed by atoms with Crippen LogP contribution in [0.3, 0.4) is 0 Å². The number of sulfonamides is 1. The average Bonchev–Trinajstić information content (AvgIpc) is 2.97. The van der Waals surface area contributed by atoms with Crippen molar-refractivity contribution in [2.45, 2.75) is 69.2 Å². The van der Waals surface area contributed by atoms with Gasteiger partial charge in [0.15, 0.2) is 0 Å². The molecular formula is C20H29ClN2O3S. The molecule has 2 aliphatic heterocycles. The number of amides is 1. The summed E-state index contributed by atoms with van der Waals surface area (Å²) in [5.74, 6) is -0.0921. The van der Waals surface area contributed by atoms with Crippen LogP contribution in [0.4, 0.5) is 0 Å². The highest BCUT2D eigenvalue weighted by molar-refractivity contribution is 7.89. The van der Waals surface area contributed by atoms with E-state index < -0.39 is 10.0 Å². The first-order valence-corrected chi connectivity index (χ1v) is 11.9. The van der Waals surface area contributed by atoms with Crippen molar-refractivity contribution in [3.8, 4) is 0 Å². The van der Waals surface area contributed by atoms with Gasteiger partial charge in [0.25, 0.3) is 5.91 Å². The minimum absolute atomic E-state index is 0.0574. The molecule has 1 aromatic rings. The molecule has 0 aliphatic carbocycles. The zero-order chi connectivity index (χ0) is 19.4. The third-order valence-electron chi connectivity index (χ3n) is 5.72. The smallest absolute Gasteiger partial charge is 0.254 e. The van der Waals surface area contributed by atoms with Crippen LogP contribution in [0.5, 0.6) is 0 Å². The summed E-state index contributed by atoms with van der Waals surface area (Å²) in [6, 6.07) is 4.90. The van der Waals surface area contributed by atoms with Crippen LogP contribution in [0.25, 0.3) is 0 Å². The van der Waals surface area contributed by atoms with Crippen molar-refractivity contribution < 1.29 is 13.2 Å². The first kappa shape index (κ1) is 20.6. The molecule has 3 rings (SSSR count). The molecule has 0 radical (unpaired) electrons. The summed E-state index contributed by atoms with van der Waals surface area (Å²) in [7, 11) is -3.69. The zero-order valence-corrected chi connectivity index (χ0v) is 17.6. The number of rotatable bonds is 4. The molecule has 0 bridgehead atoms. The van der Waals surface area contributed by atoms with E-state index in [1.54, 1.807) is 12.1 Å². The molecule has 2 aliphatic rings. The van der Waals surface area contributed by atoms with Gasteiger partial charge in [-0.15, -0.1) is 0 Å². The Morgan fingerprint density at radius 3 is 2.41 bits per heavy atom. The van der Waals surface area contributed by atoms with Gasteiger partial charge in [0.05, 0.1) is 5.02 Å². The van der Waals surface area contributed by atoms with E-state index in [1.165, 1.54) is 10.4 Å². The molecular weight excluding hydrogens is 384 g/mol. The van der Waals surface area contributed by atoms with Crippen LogP contribution >= 0.6 is 11.6 Å². The summed E-state index contributed by atoms with van der Waals surface area (Å²) in [6.45, 7) is 3.85. The molecule has 27 heavy (non-hydrogen) atoms. The summed E-state index contributed by atoms with van der Waals surface area (Å²) in [5, 5.41) is 0.182. The Balaban J connectivity index is 1.90. The van der Waals surface area contributed by atoms with Crippen molar-refractivity contribution in [2.75, 3.05) is 19.6 Å². The van der Waals surface area contributed by atoms with Crippen LogP contribution in [0.2, 0.25) is 5.02 Å². The van der Waals surface area contributed by atoms with E-state index in [9.17, 15) is 13.2 Å². The molecule has 2 fully saturated rings. The topological polar surface area (TPSA) is 57.7 Å². The molecule has 1 amide bonds. The second-order valence-corrected chi connectivity index (χ2v) is 9.83. The largest absolute Gasteiger partial charge is 0.336 e. The molecule has 1 aromatic carbocycles. The van der Waals surface area contributed by atoms with Gasteiger partial charge in [-0.2, -0.15) is 4.31 Å². The summed E-state index contributed by atoms with van der Waals surface area (Å²) < 4.78 is 27.8. The van der Waals surface area contributed by atoms with Gasteiger partial charge in [0.2, 0.25) is 10.0 Å². The van der Waals surface area contributed by atoms with Crippen molar-refractivity contribution in [3.63, 3.8) is 0 Å². The molecule has 5 nitrogen and oxygen atoms in total. The lowest BCUT2D eigenvalue weighted by Crippen LogP contribution is -2.43. The van der Waals surface area contributed by atoms with E-state index >= 15 is 0 Å². The number of nitrogens with zero attached hydrogens (tertiary/aromatic N) is 2. The number of hydrogen-bond acceptors (Lipinski definition) is 3. The molecule has 0 N–H and O–H groups in total. The van der Waals surface area contributed by atoms with Gasteiger partial charge < -0.3 is 4.90 Å². The molecule has 2 heterocycles. The number of carbonyl (C=O) groups is 1. The third kappa shape index (κ3) is 4.49. The summed E-state index contributed by atoms with van der Waals surface area (Å²) in [4.78, 5) is 15.0. The van der Waals surface area contributed by atoms with Crippen LogP contribution in [-0.4, -0.2) is 49.2 Å². The van der Waals surface area contributed by atoms with Crippen LogP contribution < -0.4 is 0 Å². The summed E-state index contributed by atoms with van der Waals surface area (Å²) in [6.07, 6.45) is 7.87. The first-order chi connectivity index (χ1) is 12.9. The Kier molecular flexibility index (Phi) is 6.82. The monoisotopic (exact) mass is 412 g/mol. The predicted molar refractivity (Wildman–Crippen MR) is 108 cm³/mol. The molecule has 1 unspecified atom stereocenters. The minimum atomic E-state index is -3.69. The second kappa shape index (κ2) is 8.93. The van der Waals surface area contributed by atoms with E-state index in [0.717, 1.165) is 57.9 Å². The van der Waals surface area contributed by atoms with Crippen molar-refractivity contribution in [3.05, 3.63) is 28.8 Å². The second-order valence-electron chi connectivity index (χ2n) is 7.52. The highest BCUT2D eigenvalue weighted by Gasteiger charge is 2.30. The van der Waals surface area contributed by atoms with Gasteiger partial charge >= 0.3 is 0 Å². The zero-order valence-electron chi connectivity index (χ0n) is 16.0. The lowest BCUT2D eigenvalue weighted by Gasteiger charge is -2.35. The standard InChI is InChI=1S/C20H29ClN2O3S/c1-2-17-9-5-8-14-23(17)20(24)16-10-11-18(21)19(15-16)27(25,26)22-12-6-3-4-7-13-22/h10-11,15,17H,2-9,12-14H2,1H3.